The SMILES string of the molecule is O=C1c2ccccc2N[C@@H](c2cc(Cl)ccc2O)N1C[C@H]1CCCO1. The molecule has 0 aliphatic carbocycles. The molecule has 1 saturated heterocycles. The van der Waals surface area contributed by atoms with Gasteiger partial charge in [-0.25, -0.2) is 0 Å². The van der Waals surface area contributed by atoms with Crippen molar-refractivity contribution in [2.75, 3.05) is 18.5 Å². The van der Waals surface area contributed by atoms with Crippen molar-refractivity contribution < 1.29 is 14.6 Å². The second-order valence-corrected chi connectivity index (χ2v) is 6.82. The lowest BCUT2D eigenvalue weighted by molar-refractivity contribution is 0.0424. The molecule has 4 rings (SSSR count). The van der Waals surface area contributed by atoms with Crippen LogP contribution in [-0.2, 0) is 4.74 Å². The minimum atomic E-state index is -0.495. The number of hydrogen-bond acceptors (Lipinski definition) is 4. The van der Waals surface area contributed by atoms with Crippen LogP contribution in [0, 0.1) is 0 Å². The first-order chi connectivity index (χ1) is 12.1. The number of benzene rings is 2. The highest BCUT2D eigenvalue weighted by molar-refractivity contribution is 6.30. The Labute approximate surface area is 151 Å². The van der Waals surface area contributed by atoms with Crippen LogP contribution in [0.5, 0.6) is 5.75 Å². The Balaban J connectivity index is 1.75. The average molecular weight is 359 g/mol. The standard InChI is InChI=1S/C19H19ClN2O3/c20-12-7-8-17(23)15(10-12)18-21-16-6-2-1-5-14(16)19(24)22(18)11-13-4-3-9-25-13/h1-2,5-8,10,13,18,21,23H,3-4,9,11H2/t13-,18-/m1/s1. The smallest absolute Gasteiger partial charge is 0.257 e. The second kappa shape index (κ2) is 6.58. The first kappa shape index (κ1) is 16.2. The Kier molecular flexibility index (Phi) is 4.27. The topological polar surface area (TPSA) is 61.8 Å². The second-order valence-electron chi connectivity index (χ2n) is 6.39. The molecule has 0 aromatic heterocycles. The molecular formula is C19H19ClN2O3. The molecule has 2 aliphatic rings. The lowest BCUT2D eigenvalue weighted by Crippen LogP contribution is -2.46. The molecule has 1 amide bonds. The number of aromatic hydroxyl groups is 1. The first-order valence-corrected chi connectivity index (χ1v) is 8.78. The van der Waals surface area contributed by atoms with Crippen LogP contribution in [0.3, 0.4) is 0 Å². The molecule has 130 valence electrons. The van der Waals surface area contributed by atoms with Crippen molar-refractivity contribution >= 4 is 23.2 Å². The van der Waals surface area contributed by atoms with Gasteiger partial charge in [-0.1, -0.05) is 23.7 Å². The van der Waals surface area contributed by atoms with E-state index in [9.17, 15) is 9.90 Å². The van der Waals surface area contributed by atoms with Crippen molar-refractivity contribution in [3.63, 3.8) is 0 Å². The summed E-state index contributed by atoms with van der Waals surface area (Å²) in [5.41, 5.74) is 1.95. The number of anilines is 1. The summed E-state index contributed by atoms with van der Waals surface area (Å²) >= 11 is 6.12. The maximum absolute atomic E-state index is 13.1. The van der Waals surface area contributed by atoms with Gasteiger partial charge in [0, 0.05) is 29.4 Å². The van der Waals surface area contributed by atoms with Crippen LogP contribution in [0.25, 0.3) is 0 Å². The molecule has 2 aromatic carbocycles. The van der Waals surface area contributed by atoms with E-state index in [0.29, 0.717) is 22.7 Å². The van der Waals surface area contributed by atoms with E-state index in [1.54, 1.807) is 29.2 Å². The van der Waals surface area contributed by atoms with Crippen LogP contribution >= 0.6 is 11.6 Å². The number of phenolic OH excluding ortho intramolecular Hbond substituents is 1. The molecule has 2 aromatic rings. The van der Waals surface area contributed by atoms with Crippen molar-refractivity contribution in [3.8, 4) is 5.75 Å². The summed E-state index contributed by atoms with van der Waals surface area (Å²) in [5.74, 6) is 0.0284. The molecule has 2 atom stereocenters. The molecule has 0 unspecified atom stereocenters. The number of nitrogens with one attached hydrogen (secondary N) is 1. The van der Waals surface area contributed by atoms with Crippen LogP contribution in [0.1, 0.15) is 34.9 Å². The number of nitrogens with zero attached hydrogens (tertiary/aromatic N) is 1. The summed E-state index contributed by atoms with van der Waals surface area (Å²) < 4.78 is 5.72. The van der Waals surface area contributed by atoms with E-state index in [-0.39, 0.29) is 17.8 Å². The molecule has 2 aliphatic heterocycles. The van der Waals surface area contributed by atoms with Crippen molar-refractivity contribution in [2.45, 2.75) is 25.1 Å². The molecule has 5 nitrogen and oxygen atoms in total. The fourth-order valence-corrected chi connectivity index (χ4v) is 3.66. The zero-order valence-corrected chi connectivity index (χ0v) is 14.4. The highest BCUT2D eigenvalue weighted by atomic mass is 35.5. The van der Waals surface area contributed by atoms with Gasteiger partial charge in [-0.15, -0.1) is 0 Å². The Hall–Kier alpha value is -2.24. The third-order valence-electron chi connectivity index (χ3n) is 4.73. The van der Waals surface area contributed by atoms with Crippen LogP contribution in [0.4, 0.5) is 5.69 Å². The highest BCUT2D eigenvalue weighted by Crippen LogP contribution is 2.38. The Bertz CT molecular complexity index is 805. The zero-order valence-electron chi connectivity index (χ0n) is 13.6. The molecule has 1 fully saturated rings. The number of rotatable bonds is 3. The van der Waals surface area contributed by atoms with Gasteiger partial charge in [0.2, 0.25) is 0 Å². The third-order valence-corrected chi connectivity index (χ3v) is 4.97. The summed E-state index contributed by atoms with van der Waals surface area (Å²) in [5, 5.41) is 14.2. The lowest BCUT2D eigenvalue weighted by atomic mass is 10.0. The predicted molar refractivity (Wildman–Crippen MR) is 95.9 cm³/mol. The number of carbonyl (C=O) groups excluding carboxylic acids is 1. The van der Waals surface area contributed by atoms with Crippen molar-refractivity contribution in [1.82, 2.24) is 4.90 Å². The molecule has 2 heterocycles. The Morgan fingerprint density at radius 1 is 1.28 bits per heavy atom. The molecule has 25 heavy (non-hydrogen) atoms. The number of phenols is 1. The maximum Gasteiger partial charge on any atom is 0.257 e. The van der Waals surface area contributed by atoms with E-state index >= 15 is 0 Å². The van der Waals surface area contributed by atoms with E-state index in [2.05, 4.69) is 5.32 Å². The molecule has 2 N–H and O–H groups in total. The molecule has 6 heteroatoms. The number of fused-ring (bicyclic) bond motifs is 1. The minimum Gasteiger partial charge on any atom is -0.508 e. The number of halogens is 1. The van der Waals surface area contributed by atoms with E-state index in [1.165, 1.54) is 0 Å². The van der Waals surface area contributed by atoms with Gasteiger partial charge in [0.05, 0.1) is 11.7 Å². The van der Waals surface area contributed by atoms with Crippen LogP contribution in [-0.4, -0.2) is 35.2 Å². The van der Waals surface area contributed by atoms with Crippen LogP contribution in [0.2, 0.25) is 5.02 Å². The maximum atomic E-state index is 13.1. The molecule has 0 spiro atoms. The average Bonchev–Trinajstić information content (AvgIpc) is 3.13. The van der Waals surface area contributed by atoms with Gasteiger partial charge in [-0.2, -0.15) is 0 Å². The molecular weight excluding hydrogens is 340 g/mol. The molecule has 0 saturated carbocycles. The van der Waals surface area contributed by atoms with Gasteiger partial charge in [-0.05, 0) is 43.2 Å². The molecule has 0 bridgehead atoms. The van der Waals surface area contributed by atoms with E-state index < -0.39 is 6.17 Å². The predicted octanol–water partition coefficient (Wildman–Crippen LogP) is 3.79. The normalized spacial score (nSPS) is 22.6. The van der Waals surface area contributed by atoms with Gasteiger partial charge >= 0.3 is 0 Å². The summed E-state index contributed by atoms with van der Waals surface area (Å²) in [7, 11) is 0. The highest BCUT2D eigenvalue weighted by Gasteiger charge is 2.36. The fraction of sp³-hybridized carbons (Fsp3) is 0.316. The monoisotopic (exact) mass is 358 g/mol. The number of hydrogen-bond donors (Lipinski definition) is 2. The Morgan fingerprint density at radius 3 is 2.92 bits per heavy atom. The fourth-order valence-electron chi connectivity index (χ4n) is 3.48. The number of para-hydroxylation sites is 1. The van der Waals surface area contributed by atoms with Crippen molar-refractivity contribution in [1.29, 1.82) is 0 Å². The zero-order chi connectivity index (χ0) is 17.4. The first-order valence-electron chi connectivity index (χ1n) is 8.40. The van der Waals surface area contributed by atoms with Gasteiger partial charge < -0.3 is 20.1 Å². The van der Waals surface area contributed by atoms with Gasteiger partial charge in [0.1, 0.15) is 11.9 Å². The van der Waals surface area contributed by atoms with Crippen molar-refractivity contribution in [2.24, 2.45) is 0 Å². The van der Waals surface area contributed by atoms with E-state index in [0.717, 1.165) is 25.1 Å². The summed E-state index contributed by atoms with van der Waals surface area (Å²) in [6, 6.07) is 12.3. The van der Waals surface area contributed by atoms with Gasteiger partial charge in [0.15, 0.2) is 0 Å². The quantitative estimate of drug-likeness (QED) is 0.876. The van der Waals surface area contributed by atoms with E-state index in [1.807, 2.05) is 18.2 Å². The summed E-state index contributed by atoms with van der Waals surface area (Å²) in [4.78, 5) is 14.8. The summed E-state index contributed by atoms with van der Waals surface area (Å²) in [6.45, 7) is 1.20. The third kappa shape index (κ3) is 3.05. The lowest BCUT2D eigenvalue weighted by Gasteiger charge is -2.39. The minimum absolute atomic E-state index is 0.0137. The van der Waals surface area contributed by atoms with E-state index in [4.69, 9.17) is 16.3 Å². The van der Waals surface area contributed by atoms with Crippen molar-refractivity contribution in [3.05, 3.63) is 58.6 Å². The van der Waals surface area contributed by atoms with Gasteiger partial charge in [0.25, 0.3) is 5.91 Å². The Morgan fingerprint density at radius 2 is 2.12 bits per heavy atom. The summed E-state index contributed by atoms with van der Waals surface area (Å²) in [6.07, 6.45) is 1.45. The largest absolute Gasteiger partial charge is 0.508 e. The van der Waals surface area contributed by atoms with Crippen LogP contribution < -0.4 is 5.32 Å². The molecule has 0 radical (unpaired) electrons. The van der Waals surface area contributed by atoms with Gasteiger partial charge in [-0.3, -0.25) is 4.79 Å². The number of carbonyl (C=O) groups is 1. The number of amides is 1. The number of ether oxygens (including phenoxy) is 1. The van der Waals surface area contributed by atoms with Crippen LogP contribution in [0.15, 0.2) is 42.5 Å².